The van der Waals surface area contributed by atoms with Gasteiger partial charge in [-0.15, -0.1) is 0 Å². The Hall–Kier alpha value is -1.16. The molecule has 3 unspecified atom stereocenters. The summed E-state index contributed by atoms with van der Waals surface area (Å²) in [6.45, 7) is 4.35. The molecular formula is C16H24N2O2. The quantitative estimate of drug-likeness (QED) is 0.802. The third-order valence-electron chi connectivity index (χ3n) is 4.86. The molecular weight excluding hydrogens is 252 g/mol. The van der Waals surface area contributed by atoms with E-state index in [0.717, 1.165) is 37.8 Å². The molecule has 4 heteroatoms. The first kappa shape index (κ1) is 13.8. The minimum absolute atomic E-state index is 0.118. The molecule has 1 aromatic rings. The number of Topliss-reactive ketones (excluding diaryl/α,β-unsaturated/α-hetero) is 1. The van der Waals surface area contributed by atoms with Gasteiger partial charge in [-0.05, 0) is 38.2 Å². The summed E-state index contributed by atoms with van der Waals surface area (Å²) >= 11 is 0. The average molecular weight is 276 g/mol. The molecule has 2 fully saturated rings. The van der Waals surface area contributed by atoms with Crippen molar-refractivity contribution in [2.75, 3.05) is 0 Å². The third kappa shape index (κ3) is 2.53. The lowest BCUT2D eigenvalue weighted by Gasteiger charge is -2.16. The molecule has 0 aromatic carbocycles. The van der Waals surface area contributed by atoms with Crippen LogP contribution in [0.25, 0.3) is 0 Å². The highest BCUT2D eigenvalue weighted by Gasteiger charge is 2.44. The Bertz CT molecular complexity index is 479. The van der Waals surface area contributed by atoms with Gasteiger partial charge >= 0.3 is 0 Å². The maximum absolute atomic E-state index is 12.4. The smallest absolute Gasteiger partial charge is 0.144 e. The molecule has 0 spiro atoms. The lowest BCUT2D eigenvalue weighted by molar-refractivity contribution is -0.123. The first-order chi connectivity index (χ1) is 9.71. The van der Waals surface area contributed by atoms with Crippen molar-refractivity contribution in [3.05, 3.63) is 18.0 Å². The van der Waals surface area contributed by atoms with Crippen LogP contribution in [0, 0.1) is 5.92 Å². The van der Waals surface area contributed by atoms with Crippen LogP contribution >= 0.6 is 0 Å². The second kappa shape index (κ2) is 5.68. The van der Waals surface area contributed by atoms with Crippen LogP contribution < -0.4 is 0 Å². The first-order valence-electron chi connectivity index (χ1n) is 7.93. The molecule has 3 rings (SSSR count). The van der Waals surface area contributed by atoms with E-state index in [1.165, 1.54) is 0 Å². The zero-order chi connectivity index (χ0) is 14.1. The zero-order valence-corrected chi connectivity index (χ0v) is 12.4. The predicted molar refractivity (Wildman–Crippen MR) is 76.6 cm³/mol. The van der Waals surface area contributed by atoms with Crippen LogP contribution in [0.4, 0.5) is 0 Å². The van der Waals surface area contributed by atoms with Crippen molar-refractivity contribution in [2.24, 2.45) is 5.92 Å². The largest absolute Gasteiger partial charge is 0.374 e. The van der Waals surface area contributed by atoms with Gasteiger partial charge in [0, 0.05) is 12.1 Å². The van der Waals surface area contributed by atoms with Gasteiger partial charge in [-0.2, -0.15) is 5.10 Å². The molecule has 0 saturated carbocycles. The molecule has 0 amide bonds. The second-order valence-electron chi connectivity index (χ2n) is 6.12. The summed E-state index contributed by atoms with van der Waals surface area (Å²) in [5.74, 6) is 0.430. The maximum atomic E-state index is 12.4. The topological polar surface area (TPSA) is 44.1 Å². The fourth-order valence-electron chi connectivity index (χ4n) is 3.62. The number of hydrogen-bond acceptors (Lipinski definition) is 3. The highest BCUT2D eigenvalue weighted by atomic mass is 16.5. The van der Waals surface area contributed by atoms with Gasteiger partial charge in [0.25, 0.3) is 0 Å². The van der Waals surface area contributed by atoms with E-state index >= 15 is 0 Å². The minimum atomic E-state index is 0.118. The lowest BCUT2D eigenvalue weighted by atomic mass is 9.85. The summed E-state index contributed by atoms with van der Waals surface area (Å²) in [6.07, 6.45) is 8.28. The van der Waals surface area contributed by atoms with Crippen molar-refractivity contribution in [1.29, 1.82) is 0 Å². The number of ketones is 1. The van der Waals surface area contributed by atoms with Gasteiger partial charge < -0.3 is 4.74 Å². The number of hydrogen-bond donors (Lipinski definition) is 0. The lowest BCUT2D eigenvalue weighted by Crippen LogP contribution is -2.26. The third-order valence-corrected chi connectivity index (χ3v) is 4.86. The van der Waals surface area contributed by atoms with Gasteiger partial charge in [0.1, 0.15) is 5.78 Å². The van der Waals surface area contributed by atoms with E-state index < -0.39 is 0 Å². The molecule has 4 nitrogen and oxygen atoms in total. The fraction of sp³-hybridized carbons (Fsp3) is 0.750. The molecule has 20 heavy (non-hydrogen) atoms. The van der Waals surface area contributed by atoms with E-state index in [1.807, 2.05) is 16.9 Å². The zero-order valence-electron chi connectivity index (χ0n) is 12.4. The number of aromatic nitrogens is 2. The SMILES string of the molecule is CCC(CC)n1ccc(CC(=O)C2CC3CCC2O3)n1. The van der Waals surface area contributed by atoms with Crippen molar-refractivity contribution in [3.63, 3.8) is 0 Å². The van der Waals surface area contributed by atoms with Crippen molar-refractivity contribution in [2.45, 2.75) is 70.6 Å². The van der Waals surface area contributed by atoms with Crippen LogP contribution in [0.1, 0.15) is 57.7 Å². The van der Waals surface area contributed by atoms with Crippen LogP contribution in [-0.2, 0) is 16.0 Å². The van der Waals surface area contributed by atoms with Gasteiger partial charge in [-0.25, -0.2) is 0 Å². The molecule has 2 bridgehead atoms. The van der Waals surface area contributed by atoms with E-state index in [1.54, 1.807) is 0 Å². The molecule has 0 aliphatic carbocycles. The van der Waals surface area contributed by atoms with E-state index in [4.69, 9.17) is 4.74 Å². The van der Waals surface area contributed by atoms with Crippen molar-refractivity contribution in [3.8, 4) is 0 Å². The average Bonchev–Trinajstić information content (AvgIpc) is 3.16. The van der Waals surface area contributed by atoms with Crippen molar-refractivity contribution in [1.82, 2.24) is 9.78 Å². The molecule has 2 saturated heterocycles. The Kier molecular flexibility index (Phi) is 3.92. The van der Waals surface area contributed by atoms with Gasteiger partial charge in [0.2, 0.25) is 0 Å². The summed E-state index contributed by atoms with van der Waals surface area (Å²) in [5, 5.41) is 4.58. The normalized spacial score (nSPS) is 28.4. The minimum Gasteiger partial charge on any atom is -0.374 e. The molecule has 1 aromatic heterocycles. The number of nitrogens with zero attached hydrogens (tertiary/aromatic N) is 2. The first-order valence-corrected chi connectivity index (χ1v) is 7.93. The number of carbonyl (C=O) groups is 1. The molecule has 110 valence electrons. The standard InChI is InChI=1S/C16H24N2O2/c1-3-12(4-2)18-8-7-11(17-18)9-15(19)14-10-13-5-6-16(14)20-13/h7-8,12-14,16H,3-6,9-10H2,1-2H3. The Morgan fingerprint density at radius 1 is 1.45 bits per heavy atom. The number of rotatable bonds is 6. The second-order valence-corrected chi connectivity index (χ2v) is 6.12. The van der Waals surface area contributed by atoms with Crippen LogP contribution in [0.3, 0.4) is 0 Å². The van der Waals surface area contributed by atoms with Crippen LogP contribution in [0.5, 0.6) is 0 Å². The highest BCUT2D eigenvalue weighted by Crippen LogP contribution is 2.39. The summed E-state index contributed by atoms with van der Waals surface area (Å²) in [6, 6.07) is 2.44. The fourth-order valence-corrected chi connectivity index (χ4v) is 3.62. The van der Waals surface area contributed by atoms with E-state index in [-0.39, 0.29) is 12.0 Å². The molecule has 2 aliphatic heterocycles. The highest BCUT2D eigenvalue weighted by molar-refractivity contribution is 5.83. The maximum Gasteiger partial charge on any atom is 0.144 e. The Labute approximate surface area is 120 Å². The van der Waals surface area contributed by atoms with E-state index in [9.17, 15) is 4.79 Å². The van der Waals surface area contributed by atoms with E-state index in [2.05, 4.69) is 18.9 Å². The molecule has 3 atom stereocenters. The van der Waals surface area contributed by atoms with Crippen LogP contribution in [0.15, 0.2) is 12.3 Å². The van der Waals surface area contributed by atoms with Gasteiger partial charge in [-0.3, -0.25) is 9.48 Å². The summed E-state index contributed by atoms with van der Waals surface area (Å²) in [5.41, 5.74) is 0.907. The summed E-state index contributed by atoms with van der Waals surface area (Å²) in [7, 11) is 0. The van der Waals surface area contributed by atoms with Crippen LogP contribution in [-0.4, -0.2) is 27.8 Å². The Morgan fingerprint density at radius 3 is 2.85 bits per heavy atom. The van der Waals surface area contributed by atoms with Gasteiger partial charge in [0.05, 0.1) is 30.4 Å². The molecule has 0 radical (unpaired) electrons. The number of ether oxygens (including phenoxy) is 1. The summed E-state index contributed by atoms with van der Waals surface area (Å²) < 4.78 is 7.79. The predicted octanol–water partition coefficient (Wildman–Crippen LogP) is 2.92. The molecule has 2 aliphatic rings. The van der Waals surface area contributed by atoms with Crippen molar-refractivity contribution < 1.29 is 9.53 Å². The number of carbonyl (C=O) groups excluding carboxylic acids is 1. The summed E-state index contributed by atoms with van der Waals surface area (Å²) in [4.78, 5) is 12.4. The molecule has 3 heterocycles. The Morgan fingerprint density at radius 2 is 2.25 bits per heavy atom. The van der Waals surface area contributed by atoms with Gasteiger partial charge in [-0.1, -0.05) is 13.8 Å². The monoisotopic (exact) mass is 276 g/mol. The number of fused-ring (bicyclic) bond motifs is 2. The van der Waals surface area contributed by atoms with Crippen molar-refractivity contribution >= 4 is 5.78 Å². The Balaban J connectivity index is 1.62. The van der Waals surface area contributed by atoms with Gasteiger partial charge in [0.15, 0.2) is 0 Å². The van der Waals surface area contributed by atoms with E-state index in [0.29, 0.717) is 24.3 Å². The molecule has 0 N–H and O–H groups in total. The van der Waals surface area contributed by atoms with Crippen LogP contribution in [0.2, 0.25) is 0 Å².